The fourth-order valence-corrected chi connectivity index (χ4v) is 2.06. The van der Waals surface area contributed by atoms with E-state index in [1.807, 2.05) is 12.1 Å². The van der Waals surface area contributed by atoms with E-state index in [9.17, 15) is 4.79 Å². The van der Waals surface area contributed by atoms with Gasteiger partial charge in [-0.3, -0.25) is 4.79 Å². The number of ether oxygens (including phenoxy) is 1. The van der Waals surface area contributed by atoms with Gasteiger partial charge in [0.15, 0.2) is 0 Å². The van der Waals surface area contributed by atoms with Gasteiger partial charge in [0.25, 0.3) is 5.91 Å². The zero-order chi connectivity index (χ0) is 15.5. The van der Waals surface area contributed by atoms with Gasteiger partial charge in [0, 0.05) is 6.61 Å². The molecule has 0 fully saturated rings. The summed E-state index contributed by atoms with van der Waals surface area (Å²) < 4.78 is 5.57. The normalized spacial score (nSPS) is 12.1. The van der Waals surface area contributed by atoms with E-state index in [1.165, 1.54) is 32.1 Å². The van der Waals surface area contributed by atoms with Crippen LogP contribution in [-0.2, 0) is 9.53 Å². The van der Waals surface area contributed by atoms with Crippen molar-refractivity contribution in [3.05, 3.63) is 24.3 Å². The van der Waals surface area contributed by atoms with E-state index in [0.29, 0.717) is 18.0 Å². The number of nitrogens with two attached hydrogens (primary N) is 1. The molecule has 4 nitrogen and oxygen atoms in total. The number of hydrogen-bond donors (Lipinski definition) is 2. The molecule has 0 radical (unpaired) electrons. The number of nitrogens with one attached hydrogen (secondary N) is 1. The first-order valence-electron chi connectivity index (χ1n) is 7.92. The van der Waals surface area contributed by atoms with Crippen molar-refractivity contribution >= 4 is 17.3 Å². The quantitative estimate of drug-likeness (QED) is 0.506. The molecule has 1 aromatic rings. The maximum atomic E-state index is 12.0. The Hall–Kier alpha value is -1.55. The Bertz CT molecular complexity index is 421. The predicted molar refractivity (Wildman–Crippen MR) is 88.3 cm³/mol. The van der Waals surface area contributed by atoms with Gasteiger partial charge in [-0.05, 0) is 25.5 Å². The van der Waals surface area contributed by atoms with Gasteiger partial charge in [0.1, 0.15) is 6.10 Å². The number of carbonyl (C=O) groups is 1. The molecular weight excluding hydrogens is 264 g/mol. The smallest absolute Gasteiger partial charge is 0.253 e. The predicted octanol–water partition coefficient (Wildman–Crippen LogP) is 3.97. The number of para-hydroxylation sites is 2. The highest BCUT2D eigenvalue weighted by Gasteiger charge is 2.14. The third-order valence-electron chi connectivity index (χ3n) is 3.45. The second-order valence-electron chi connectivity index (χ2n) is 5.36. The fourth-order valence-electron chi connectivity index (χ4n) is 2.06. The Morgan fingerprint density at radius 1 is 1.19 bits per heavy atom. The summed E-state index contributed by atoms with van der Waals surface area (Å²) in [5.74, 6) is -0.154. The molecule has 0 aliphatic rings. The lowest BCUT2D eigenvalue weighted by molar-refractivity contribution is -0.126. The SMILES string of the molecule is CCCCCCCCOC(C)C(=O)Nc1ccccc1N. The lowest BCUT2D eigenvalue weighted by atomic mass is 10.1. The molecule has 0 aliphatic carbocycles. The van der Waals surface area contributed by atoms with E-state index in [-0.39, 0.29) is 5.91 Å². The van der Waals surface area contributed by atoms with Gasteiger partial charge < -0.3 is 15.8 Å². The zero-order valence-electron chi connectivity index (χ0n) is 13.2. The van der Waals surface area contributed by atoms with Crippen molar-refractivity contribution in [2.45, 2.75) is 58.5 Å². The molecule has 1 amide bonds. The standard InChI is InChI=1S/C17H28N2O2/c1-3-4-5-6-7-10-13-21-14(2)17(20)19-16-12-9-8-11-15(16)18/h8-9,11-12,14H,3-7,10,13,18H2,1-2H3,(H,19,20). The molecule has 0 spiro atoms. The van der Waals surface area contributed by atoms with Crippen LogP contribution < -0.4 is 11.1 Å². The second kappa shape index (κ2) is 10.2. The van der Waals surface area contributed by atoms with Gasteiger partial charge in [-0.25, -0.2) is 0 Å². The molecule has 0 bridgehead atoms. The summed E-state index contributed by atoms with van der Waals surface area (Å²) in [6.07, 6.45) is 6.82. The monoisotopic (exact) mass is 292 g/mol. The van der Waals surface area contributed by atoms with Crippen LogP contribution in [0.15, 0.2) is 24.3 Å². The molecule has 1 aromatic carbocycles. The maximum absolute atomic E-state index is 12.0. The Morgan fingerprint density at radius 3 is 2.57 bits per heavy atom. The number of rotatable bonds is 10. The van der Waals surface area contributed by atoms with Crippen LogP contribution in [0.4, 0.5) is 11.4 Å². The lowest BCUT2D eigenvalue weighted by Crippen LogP contribution is -2.28. The van der Waals surface area contributed by atoms with Crippen LogP contribution in [0.25, 0.3) is 0 Å². The molecule has 0 saturated heterocycles. The van der Waals surface area contributed by atoms with E-state index in [4.69, 9.17) is 10.5 Å². The number of amides is 1. The van der Waals surface area contributed by atoms with Crippen LogP contribution in [0, 0.1) is 0 Å². The van der Waals surface area contributed by atoms with Crippen LogP contribution in [0.1, 0.15) is 52.4 Å². The molecule has 0 aliphatic heterocycles. The summed E-state index contributed by atoms with van der Waals surface area (Å²) in [6, 6.07) is 7.22. The molecule has 3 N–H and O–H groups in total. The van der Waals surface area contributed by atoms with Gasteiger partial charge in [-0.2, -0.15) is 0 Å². The number of unbranched alkanes of at least 4 members (excludes halogenated alkanes) is 5. The highest BCUT2D eigenvalue weighted by molar-refractivity contribution is 5.96. The van der Waals surface area contributed by atoms with Crippen LogP contribution in [0.3, 0.4) is 0 Å². The highest BCUT2D eigenvalue weighted by Crippen LogP contribution is 2.17. The van der Waals surface area contributed by atoms with Crippen molar-refractivity contribution < 1.29 is 9.53 Å². The minimum Gasteiger partial charge on any atom is -0.397 e. The Balaban J connectivity index is 2.18. The molecule has 21 heavy (non-hydrogen) atoms. The molecule has 4 heteroatoms. The van der Waals surface area contributed by atoms with Gasteiger partial charge in [0.05, 0.1) is 11.4 Å². The molecule has 0 heterocycles. The third kappa shape index (κ3) is 7.14. The number of hydrogen-bond acceptors (Lipinski definition) is 3. The minimum absolute atomic E-state index is 0.154. The number of nitrogen functional groups attached to an aromatic ring is 1. The molecule has 1 rings (SSSR count). The van der Waals surface area contributed by atoms with E-state index in [2.05, 4.69) is 12.2 Å². The van der Waals surface area contributed by atoms with Crippen molar-refractivity contribution in [2.75, 3.05) is 17.7 Å². The van der Waals surface area contributed by atoms with Gasteiger partial charge in [0.2, 0.25) is 0 Å². The minimum atomic E-state index is -0.458. The topological polar surface area (TPSA) is 64.3 Å². The summed E-state index contributed by atoms with van der Waals surface area (Å²) >= 11 is 0. The number of carbonyl (C=O) groups excluding carboxylic acids is 1. The van der Waals surface area contributed by atoms with Crippen LogP contribution >= 0.6 is 0 Å². The van der Waals surface area contributed by atoms with Crippen molar-refractivity contribution in [1.82, 2.24) is 0 Å². The first kappa shape index (κ1) is 17.5. The molecule has 1 atom stereocenters. The first-order chi connectivity index (χ1) is 10.1. The summed E-state index contributed by atoms with van der Waals surface area (Å²) in [7, 11) is 0. The average Bonchev–Trinajstić information content (AvgIpc) is 2.48. The fraction of sp³-hybridized carbons (Fsp3) is 0.588. The van der Waals surface area contributed by atoms with E-state index in [0.717, 1.165) is 6.42 Å². The van der Waals surface area contributed by atoms with Gasteiger partial charge >= 0.3 is 0 Å². The van der Waals surface area contributed by atoms with Crippen molar-refractivity contribution in [3.8, 4) is 0 Å². The molecule has 118 valence electrons. The number of benzene rings is 1. The first-order valence-corrected chi connectivity index (χ1v) is 7.92. The zero-order valence-corrected chi connectivity index (χ0v) is 13.2. The second-order valence-corrected chi connectivity index (χ2v) is 5.36. The van der Waals surface area contributed by atoms with E-state index >= 15 is 0 Å². The van der Waals surface area contributed by atoms with Crippen molar-refractivity contribution in [1.29, 1.82) is 0 Å². The summed E-state index contributed by atoms with van der Waals surface area (Å²) in [6.45, 7) is 4.61. The lowest BCUT2D eigenvalue weighted by Gasteiger charge is -2.14. The number of anilines is 2. The summed E-state index contributed by atoms with van der Waals surface area (Å²) in [5, 5.41) is 2.79. The molecule has 0 aromatic heterocycles. The van der Waals surface area contributed by atoms with E-state index in [1.54, 1.807) is 19.1 Å². The Morgan fingerprint density at radius 2 is 1.86 bits per heavy atom. The highest BCUT2D eigenvalue weighted by atomic mass is 16.5. The van der Waals surface area contributed by atoms with E-state index < -0.39 is 6.10 Å². The maximum Gasteiger partial charge on any atom is 0.253 e. The molecular formula is C17H28N2O2. The molecule has 0 saturated carbocycles. The van der Waals surface area contributed by atoms with Gasteiger partial charge in [-0.1, -0.05) is 51.2 Å². The Kier molecular flexibility index (Phi) is 8.51. The average molecular weight is 292 g/mol. The third-order valence-corrected chi connectivity index (χ3v) is 3.45. The summed E-state index contributed by atoms with van der Waals surface area (Å²) in [5.41, 5.74) is 6.99. The van der Waals surface area contributed by atoms with Gasteiger partial charge in [-0.15, -0.1) is 0 Å². The van der Waals surface area contributed by atoms with Crippen LogP contribution in [0.2, 0.25) is 0 Å². The van der Waals surface area contributed by atoms with Crippen molar-refractivity contribution in [3.63, 3.8) is 0 Å². The van der Waals surface area contributed by atoms with Crippen molar-refractivity contribution in [2.24, 2.45) is 0 Å². The Labute approximate surface area is 128 Å². The van der Waals surface area contributed by atoms with Crippen LogP contribution in [0.5, 0.6) is 0 Å². The molecule has 1 unspecified atom stereocenters. The summed E-state index contributed by atoms with van der Waals surface area (Å²) in [4.78, 5) is 12.0. The largest absolute Gasteiger partial charge is 0.397 e. The van der Waals surface area contributed by atoms with Crippen LogP contribution in [-0.4, -0.2) is 18.6 Å².